The highest BCUT2D eigenvalue weighted by Gasteiger charge is 2.15. The molecule has 0 aliphatic heterocycles. The molecule has 0 radical (unpaired) electrons. The van der Waals surface area contributed by atoms with Crippen molar-refractivity contribution in [2.75, 3.05) is 6.61 Å². The van der Waals surface area contributed by atoms with Crippen LogP contribution in [0.15, 0.2) is 36.7 Å². The maximum atomic E-state index is 12.3. The smallest absolute Gasteiger partial charge is 0.306 e. The van der Waals surface area contributed by atoms with Crippen molar-refractivity contribution < 1.29 is 14.3 Å². The first-order valence-electron chi connectivity index (χ1n) is 12.3. The summed E-state index contributed by atoms with van der Waals surface area (Å²) in [6, 6.07) is 8.09. The molecule has 0 amide bonds. The van der Waals surface area contributed by atoms with Crippen LogP contribution in [0, 0.1) is 0 Å². The van der Waals surface area contributed by atoms with Crippen LogP contribution in [0.4, 0.5) is 0 Å². The Morgan fingerprint density at radius 2 is 1.56 bits per heavy atom. The van der Waals surface area contributed by atoms with E-state index in [4.69, 9.17) is 9.47 Å². The Hall–Kier alpha value is -2.43. The number of esters is 1. The fourth-order valence-corrected chi connectivity index (χ4v) is 3.60. The average molecular weight is 441 g/mol. The van der Waals surface area contributed by atoms with Crippen LogP contribution in [0.5, 0.6) is 5.75 Å². The predicted molar refractivity (Wildman–Crippen MR) is 130 cm³/mol. The van der Waals surface area contributed by atoms with Gasteiger partial charge in [0.2, 0.25) is 0 Å². The number of ether oxygens (including phenoxy) is 2. The largest absolute Gasteiger partial charge is 0.490 e. The third-order valence-electron chi connectivity index (χ3n) is 5.65. The minimum absolute atomic E-state index is 0.00956. The summed E-state index contributed by atoms with van der Waals surface area (Å²) in [5, 5.41) is 0. The van der Waals surface area contributed by atoms with Crippen LogP contribution in [0.25, 0.3) is 11.4 Å². The van der Waals surface area contributed by atoms with Crippen LogP contribution >= 0.6 is 0 Å². The summed E-state index contributed by atoms with van der Waals surface area (Å²) in [6.07, 6.45) is 12.9. The van der Waals surface area contributed by atoms with E-state index in [1.807, 2.05) is 31.2 Å². The number of rotatable bonds is 15. The summed E-state index contributed by atoms with van der Waals surface area (Å²) in [5.74, 6) is 1.35. The molecule has 5 heteroatoms. The van der Waals surface area contributed by atoms with Crippen molar-refractivity contribution in [2.24, 2.45) is 0 Å². The number of nitrogens with zero attached hydrogens (tertiary/aromatic N) is 2. The fourth-order valence-electron chi connectivity index (χ4n) is 3.60. The molecule has 1 aromatic heterocycles. The monoisotopic (exact) mass is 440 g/mol. The van der Waals surface area contributed by atoms with Crippen LogP contribution in [0.1, 0.15) is 97.0 Å². The molecule has 0 saturated heterocycles. The molecule has 32 heavy (non-hydrogen) atoms. The summed E-state index contributed by atoms with van der Waals surface area (Å²) in [7, 11) is 0. The topological polar surface area (TPSA) is 61.3 Å². The zero-order chi connectivity index (χ0) is 23.2. The summed E-state index contributed by atoms with van der Waals surface area (Å²) in [6.45, 7) is 9.12. The molecule has 0 spiro atoms. The summed E-state index contributed by atoms with van der Waals surface area (Å²) >= 11 is 0. The Labute approximate surface area is 194 Å². The van der Waals surface area contributed by atoms with Gasteiger partial charge in [0.25, 0.3) is 0 Å². The highest BCUT2D eigenvalue weighted by Crippen LogP contribution is 2.24. The molecule has 0 N–H and O–H groups in total. The number of unbranched alkanes of at least 4 members (excludes halogenated alkanes) is 5. The number of carbonyl (C=O) groups is 1. The SMILES string of the molecule is CCCCCCC(C)OC(=O)CC(C)c1ccc(-c2ncc(OCCCCC)cn2)cc1. The van der Waals surface area contributed by atoms with E-state index >= 15 is 0 Å². The first kappa shape index (κ1) is 25.8. The lowest BCUT2D eigenvalue weighted by atomic mass is 9.96. The van der Waals surface area contributed by atoms with Gasteiger partial charge in [0.1, 0.15) is 0 Å². The molecule has 0 saturated carbocycles. The van der Waals surface area contributed by atoms with Gasteiger partial charge in [0.15, 0.2) is 11.6 Å². The molecule has 176 valence electrons. The lowest BCUT2D eigenvalue weighted by Crippen LogP contribution is -2.16. The number of benzene rings is 1. The normalized spacial score (nSPS) is 12.9. The number of carbonyl (C=O) groups excluding carboxylic acids is 1. The molecule has 1 aromatic carbocycles. The summed E-state index contributed by atoms with van der Waals surface area (Å²) in [4.78, 5) is 21.2. The van der Waals surface area contributed by atoms with E-state index in [9.17, 15) is 4.79 Å². The van der Waals surface area contributed by atoms with Crippen molar-refractivity contribution in [3.63, 3.8) is 0 Å². The third kappa shape index (κ3) is 9.37. The highest BCUT2D eigenvalue weighted by atomic mass is 16.5. The van der Waals surface area contributed by atoms with Crippen molar-refractivity contribution in [3.05, 3.63) is 42.2 Å². The van der Waals surface area contributed by atoms with E-state index in [0.717, 1.165) is 30.4 Å². The van der Waals surface area contributed by atoms with Gasteiger partial charge in [0, 0.05) is 5.56 Å². The molecule has 1 heterocycles. The molecule has 0 bridgehead atoms. The van der Waals surface area contributed by atoms with E-state index in [1.54, 1.807) is 12.4 Å². The minimum Gasteiger partial charge on any atom is -0.490 e. The van der Waals surface area contributed by atoms with Gasteiger partial charge in [0.05, 0.1) is 31.5 Å². The standard InChI is InChI=1S/C27H40N2O3/c1-5-7-9-10-12-22(4)32-26(30)18-21(3)23-13-15-24(16-14-23)27-28-19-25(20-29-27)31-17-11-8-6-2/h13-16,19-22H,5-12,17-18H2,1-4H3. The van der Waals surface area contributed by atoms with Gasteiger partial charge in [-0.2, -0.15) is 0 Å². The lowest BCUT2D eigenvalue weighted by molar-refractivity contribution is -0.148. The van der Waals surface area contributed by atoms with Gasteiger partial charge < -0.3 is 9.47 Å². The van der Waals surface area contributed by atoms with Crippen LogP contribution in [-0.2, 0) is 9.53 Å². The van der Waals surface area contributed by atoms with Crippen molar-refractivity contribution >= 4 is 5.97 Å². The molecule has 0 aliphatic rings. The highest BCUT2D eigenvalue weighted by molar-refractivity contribution is 5.70. The van der Waals surface area contributed by atoms with E-state index in [-0.39, 0.29) is 18.0 Å². The van der Waals surface area contributed by atoms with Crippen LogP contribution in [-0.4, -0.2) is 28.6 Å². The number of hydrogen-bond acceptors (Lipinski definition) is 5. The average Bonchev–Trinajstić information content (AvgIpc) is 2.80. The minimum atomic E-state index is -0.123. The van der Waals surface area contributed by atoms with Crippen LogP contribution in [0.2, 0.25) is 0 Å². The van der Waals surface area contributed by atoms with Gasteiger partial charge in [-0.1, -0.05) is 77.1 Å². The number of hydrogen-bond donors (Lipinski definition) is 0. The van der Waals surface area contributed by atoms with Crippen molar-refractivity contribution in [1.82, 2.24) is 9.97 Å². The van der Waals surface area contributed by atoms with Crippen molar-refractivity contribution in [1.29, 1.82) is 0 Å². The zero-order valence-corrected chi connectivity index (χ0v) is 20.3. The lowest BCUT2D eigenvalue weighted by Gasteiger charge is -2.16. The Kier molecular flexibility index (Phi) is 11.8. The predicted octanol–water partition coefficient (Wildman–Crippen LogP) is 7.11. The van der Waals surface area contributed by atoms with E-state index in [2.05, 4.69) is 30.7 Å². The van der Waals surface area contributed by atoms with Gasteiger partial charge in [-0.25, -0.2) is 9.97 Å². The van der Waals surface area contributed by atoms with E-state index in [0.29, 0.717) is 24.6 Å². The summed E-state index contributed by atoms with van der Waals surface area (Å²) < 4.78 is 11.3. The van der Waals surface area contributed by atoms with Crippen molar-refractivity contribution in [3.8, 4) is 17.1 Å². The van der Waals surface area contributed by atoms with Crippen LogP contribution < -0.4 is 4.74 Å². The molecule has 2 atom stereocenters. The second-order valence-electron chi connectivity index (χ2n) is 8.67. The molecule has 2 rings (SSSR count). The maximum Gasteiger partial charge on any atom is 0.306 e. The molecule has 0 fully saturated rings. The first-order valence-corrected chi connectivity index (χ1v) is 12.3. The molecule has 2 unspecified atom stereocenters. The second kappa shape index (κ2) is 14.6. The Morgan fingerprint density at radius 1 is 0.906 bits per heavy atom. The maximum absolute atomic E-state index is 12.3. The van der Waals surface area contributed by atoms with E-state index < -0.39 is 0 Å². The van der Waals surface area contributed by atoms with Gasteiger partial charge in [-0.3, -0.25) is 4.79 Å². The Bertz CT molecular complexity index is 774. The van der Waals surface area contributed by atoms with Gasteiger partial charge >= 0.3 is 5.97 Å². The molecular formula is C27H40N2O3. The summed E-state index contributed by atoms with van der Waals surface area (Å²) in [5.41, 5.74) is 2.05. The zero-order valence-electron chi connectivity index (χ0n) is 20.3. The first-order chi connectivity index (χ1) is 15.5. The quantitative estimate of drug-likeness (QED) is 0.218. The van der Waals surface area contributed by atoms with Gasteiger partial charge in [-0.05, 0) is 37.7 Å². The second-order valence-corrected chi connectivity index (χ2v) is 8.67. The Balaban J connectivity index is 1.81. The molecule has 5 nitrogen and oxygen atoms in total. The van der Waals surface area contributed by atoms with Gasteiger partial charge in [-0.15, -0.1) is 0 Å². The van der Waals surface area contributed by atoms with Crippen molar-refractivity contribution in [2.45, 2.75) is 97.5 Å². The van der Waals surface area contributed by atoms with E-state index in [1.165, 1.54) is 32.1 Å². The molecule has 2 aromatic rings. The Morgan fingerprint density at radius 3 is 2.22 bits per heavy atom. The number of aromatic nitrogens is 2. The fraction of sp³-hybridized carbons (Fsp3) is 0.593. The molecule has 0 aliphatic carbocycles. The third-order valence-corrected chi connectivity index (χ3v) is 5.65. The van der Waals surface area contributed by atoms with Crippen LogP contribution in [0.3, 0.4) is 0 Å². The molecular weight excluding hydrogens is 400 g/mol.